The Balaban J connectivity index is 0.00000363. The fourth-order valence-corrected chi connectivity index (χ4v) is 3.86. The van der Waals surface area contributed by atoms with Gasteiger partial charge in [0, 0.05) is 40.0 Å². The van der Waals surface area contributed by atoms with Crippen LogP contribution in [0.4, 0.5) is 10.7 Å². The zero-order chi connectivity index (χ0) is 22.4. The van der Waals surface area contributed by atoms with Gasteiger partial charge in [-0.1, -0.05) is 32.9 Å². The zero-order valence-electron chi connectivity index (χ0n) is 19.2. The lowest BCUT2D eigenvalue weighted by Crippen LogP contribution is -2.39. The van der Waals surface area contributed by atoms with E-state index in [0.717, 1.165) is 35.1 Å². The van der Waals surface area contributed by atoms with Gasteiger partial charge in [-0.05, 0) is 30.9 Å². The fraction of sp³-hybridized carbons (Fsp3) is 0.565. The molecule has 2 heterocycles. The molecule has 0 aliphatic carbocycles. The Labute approximate surface area is 185 Å². The highest BCUT2D eigenvalue weighted by molar-refractivity contribution is 5.80. The number of nitrogens with zero attached hydrogens (tertiary/aromatic N) is 3. The molecule has 1 aromatic carbocycles. The highest BCUT2D eigenvalue weighted by Crippen LogP contribution is 2.40. The third-order valence-electron chi connectivity index (χ3n) is 5.81. The predicted molar refractivity (Wildman–Crippen MR) is 123 cm³/mol. The molecule has 2 atom stereocenters. The molecule has 0 bridgehead atoms. The van der Waals surface area contributed by atoms with Crippen LogP contribution in [0, 0.1) is 5.92 Å². The lowest BCUT2D eigenvalue weighted by molar-refractivity contribution is 0.0330. The van der Waals surface area contributed by atoms with E-state index in [1.807, 2.05) is 28.8 Å². The molecule has 3 rings (SSSR count). The van der Waals surface area contributed by atoms with Crippen molar-refractivity contribution >= 4 is 23.1 Å². The average molecular weight is 433 g/mol. The molecule has 8 heteroatoms. The number of anilines is 1. The molecule has 0 radical (unpaired) electrons. The van der Waals surface area contributed by atoms with Gasteiger partial charge < -0.3 is 24.4 Å². The molecule has 1 aromatic heterocycles. The van der Waals surface area contributed by atoms with Crippen LogP contribution in [-0.2, 0) is 14.2 Å². The molecule has 1 amide bonds. The maximum atomic E-state index is 13.2. The van der Waals surface area contributed by atoms with E-state index in [-0.39, 0.29) is 7.52 Å². The largest absolute Gasteiger partial charge is 0.421 e. The topological polar surface area (TPSA) is 77.9 Å². The van der Waals surface area contributed by atoms with Crippen LogP contribution in [0.15, 0.2) is 35.5 Å². The Kier molecular flexibility index (Phi) is 7.92. The van der Waals surface area contributed by atoms with E-state index >= 15 is 0 Å². The van der Waals surface area contributed by atoms with E-state index in [0.29, 0.717) is 38.2 Å². The van der Waals surface area contributed by atoms with Crippen LogP contribution in [0.25, 0.3) is 11.0 Å². The maximum Gasteiger partial charge on any atom is 0.412 e. The van der Waals surface area contributed by atoms with Gasteiger partial charge in [-0.2, -0.15) is 0 Å². The first-order valence-electron chi connectivity index (χ1n) is 11.0. The summed E-state index contributed by atoms with van der Waals surface area (Å²) in [6, 6.07) is 7.91. The van der Waals surface area contributed by atoms with Gasteiger partial charge in [-0.15, -0.1) is 0 Å². The first-order valence-corrected chi connectivity index (χ1v) is 11.0. The summed E-state index contributed by atoms with van der Waals surface area (Å²) in [4.78, 5) is 19.6. The predicted octanol–water partition coefficient (Wildman–Crippen LogP) is 4.65. The van der Waals surface area contributed by atoms with Gasteiger partial charge in [0.25, 0.3) is 0 Å². The number of para-hydroxylation sites is 2. The highest BCUT2D eigenvalue weighted by Gasteiger charge is 2.34. The summed E-state index contributed by atoms with van der Waals surface area (Å²) < 4.78 is 18.5. The second-order valence-corrected chi connectivity index (χ2v) is 7.73. The summed E-state index contributed by atoms with van der Waals surface area (Å²) in [7, 11) is 3.24. The first-order chi connectivity index (χ1) is 15.0. The monoisotopic (exact) mass is 432 g/mol. The third-order valence-corrected chi connectivity index (χ3v) is 5.81. The van der Waals surface area contributed by atoms with Crippen LogP contribution in [-0.4, -0.2) is 61.1 Å². The number of imidazole rings is 1. The lowest BCUT2D eigenvalue weighted by Gasteiger charge is -2.34. The molecule has 2 aromatic rings. The van der Waals surface area contributed by atoms with Crippen molar-refractivity contribution in [3.8, 4) is 0 Å². The number of allylic oxidation sites excluding steroid dienone is 1. The van der Waals surface area contributed by atoms with Crippen LogP contribution in [0.1, 0.15) is 41.3 Å². The Hall–Kier alpha value is -2.58. The number of hydrogen-bond donors (Lipinski definition) is 1. The van der Waals surface area contributed by atoms with E-state index in [1.165, 1.54) is 0 Å². The number of ether oxygens (including phenoxy) is 3. The van der Waals surface area contributed by atoms with Crippen LogP contribution in [0.5, 0.6) is 0 Å². The molecule has 0 fully saturated rings. The van der Waals surface area contributed by atoms with Crippen LogP contribution >= 0.6 is 0 Å². The number of fused-ring (bicyclic) bond motifs is 3. The number of hydrogen-bond acceptors (Lipinski definition) is 6. The van der Waals surface area contributed by atoms with Crippen molar-refractivity contribution in [2.45, 2.75) is 39.8 Å². The number of carbonyl (C=O) groups is 1. The van der Waals surface area contributed by atoms with Gasteiger partial charge >= 0.3 is 6.09 Å². The van der Waals surface area contributed by atoms with Crippen molar-refractivity contribution in [1.82, 2.24) is 14.5 Å². The zero-order valence-corrected chi connectivity index (χ0v) is 19.2. The number of amides is 1. The minimum absolute atomic E-state index is 0. The average Bonchev–Trinajstić information content (AvgIpc) is 3.16. The molecule has 0 spiro atoms. The van der Waals surface area contributed by atoms with Crippen molar-refractivity contribution in [3.63, 3.8) is 0 Å². The van der Waals surface area contributed by atoms with Crippen molar-refractivity contribution in [2.24, 2.45) is 5.92 Å². The number of methoxy groups -OCH3 is 2. The highest BCUT2D eigenvalue weighted by atomic mass is 16.6. The molecule has 0 saturated carbocycles. The van der Waals surface area contributed by atoms with Crippen molar-refractivity contribution in [2.75, 3.05) is 45.8 Å². The summed E-state index contributed by atoms with van der Waals surface area (Å²) in [6.07, 6.45) is 0.782. The van der Waals surface area contributed by atoms with Gasteiger partial charge in [0.15, 0.2) is 0 Å². The second-order valence-electron chi connectivity index (χ2n) is 7.73. The van der Waals surface area contributed by atoms with Crippen molar-refractivity contribution in [1.29, 1.82) is 0 Å². The van der Waals surface area contributed by atoms with Crippen LogP contribution in [0.2, 0.25) is 0 Å². The molecular weight excluding hydrogens is 396 g/mol. The van der Waals surface area contributed by atoms with Gasteiger partial charge in [0.1, 0.15) is 0 Å². The van der Waals surface area contributed by atoms with E-state index in [4.69, 9.17) is 19.2 Å². The standard InChI is InChI=1S/C23H34N4O4.H2/c1-6-16(3)20-17(7-2)21(31-23(28)26(12-14-29-4)13-15-30-5)27-19-11-9-8-10-18(19)24-22(27)25-20;/h8-11,16,21H,6-7,12-15H2,1-5H3,(H,24,25);1H. The number of nitrogens with one attached hydrogen (secondary N) is 1. The van der Waals surface area contributed by atoms with Gasteiger partial charge in [-0.3, -0.25) is 4.57 Å². The summed E-state index contributed by atoms with van der Waals surface area (Å²) in [6.45, 7) is 8.16. The van der Waals surface area contributed by atoms with E-state index in [2.05, 4.69) is 26.1 Å². The van der Waals surface area contributed by atoms with Crippen molar-refractivity contribution < 1.29 is 20.4 Å². The summed E-state index contributed by atoms with van der Waals surface area (Å²) in [5.74, 6) is 0.995. The summed E-state index contributed by atoms with van der Waals surface area (Å²) in [5, 5.41) is 3.53. The maximum absolute atomic E-state index is 13.2. The molecule has 31 heavy (non-hydrogen) atoms. The normalized spacial score (nSPS) is 16.7. The second kappa shape index (κ2) is 10.6. The Morgan fingerprint density at radius 3 is 2.52 bits per heavy atom. The number of benzene rings is 1. The Morgan fingerprint density at radius 2 is 1.90 bits per heavy atom. The van der Waals surface area contributed by atoms with E-state index < -0.39 is 6.23 Å². The van der Waals surface area contributed by atoms with Gasteiger partial charge in [-0.25, -0.2) is 9.78 Å². The third kappa shape index (κ3) is 4.85. The van der Waals surface area contributed by atoms with Crippen molar-refractivity contribution in [3.05, 3.63) is 35.5 Å². The Bertz CT molecular complexity index is 922. The van der Waals surface area contributed by atoms with E-state index in [9.17, 15) is 4.79 Å². The number of carbonyl (C=O) groups excluding carboxylic acids is 1. The smallest absolute Gasteiger partial charge is 0.412 e. The molecule has 1 aliphatic rings. The summed E-state index contributed by atoms with van der Waals surface area (Å²) >= 11 is 0. The Morgan fingerprint density at radius 1 is 1.23 bits per heavy atom. The number of rotatable bonds is 10. The van der Waals surface area contributed by atoms with E-state index in [1.54, 1.807) is 19.1 Å². The molecule has 0 saturated heterocycles. The fourth-order valence-electron chi connectivity index (χ4n) is 3.86. The van der Waals surface area contributed by atoms with Gasteiger partial charge in [0.2, 0.25) is 12.2 Å². The van der Waals surface area contributed by atoms with Crippen LogP contribution in [0.3, 0.4) is 0 Å². The molecule has 2 unspecified atom stereocenters. The first kappa shape index (κ1) is 23.1. The minimum atomic E-state index is -0.558. The van der Waals surface area contributed by atoms with Gasteiger partial charge in [0.05, 0.1) is 24.2 Å². The number of aromatic nitrogens is 2. The molecule has 172 valence electrons. The molecular formula is C23H36N4O4. The summed E-state index contributed by atoms with van der Waals surface area (Å²) in [5.41, 5.74) is 3.95. The molecule has 1 aliphatic heterocycles. The SMILES string of the molecule is CCC1=C(C(C)CC)Nc2nc3ccccc3n2C1OC(=O)N(CCOC)CCOC.[HH]. The minimum Gasteiger partial charge on any atom is -0.421 e. The lowest BCUT2D eigenvalue weighted by atomic mass is 9.96. The molecule has 1 N–H and O–H groups in total. The molecule has 8 nitrogen and oxygen atoms in total. The van der Waals surface area contributed by atoms with Crippen LogP contribution < -0.4 is 5.32 Å². The quantitative estimate of drug-likeness (QED) is 0.589.